The molecule has 3 atom stereocenters. The van der Waals surface area contributed by atoms with Gasteiger partial charge in [0, 0.05) is 13.7 Å². The van der Waals surface area contributed by atoms with Crippen LogP contribution in [0, 0.1) is 16.7 Å². The van der Waals surface area contributed by atoms with Gasteiger partial charge in [0.1, 0.15) is 6.79 Å². The maximum atomic E-state index is 14.7. The minimum atomic E-state index is -2.65. The second-order valence-electron chi connectivity index (χ2n) is 13.6. The number of benzene rings is 2. The molecule has 2 aromatic carbocycles. The third-order valence-corrected chi connectivity index (χ3v) is 15.1. The Kier molecular flexibility index (Phi) is 10.9. The van der Waals surface area contributed by atoms with Gasteiger partial charge < -0.3 is 19.0 Å². The molecule has 1 fully saturated rings. The standard InChI is InChI=1S/C35H49O4Si.Li/c1-27(35(36)25-34(7)28(16-15-22-38-26-37-8)24-31(35)33(34,5)6)21-23-39-40(32(2,3)4,29-17-11-9-12-18-29)30-19-13-10-14-20-30;/h9-14,17-21,24,31H,15-16,22-23,25-26H2,1-8H3;/q-1;+1/b27-21+;/t31?,34-,35-;/m1./s1. The van der Waals surface area contributed by atoms with Crippen molar-refractivity contribution >= 4 is 18.7 Å². The van der Waals surface area contributed by atoms with Crippen molar-refractivity contribution in [3.05, 3.63) is 84.0 Å². The molecule has 2 bridgehead atoms. The van der Waals surface area contributed by atoms with Gasteiger partial charge in [-0.25, -0.2) is 0 Å². The Morgan fingerprint density at radius 3 is 2.02 bits per heavy atom. The minimum Gasteiger partial charge on any atom is -0.846 e. The average molecular weight is 569 g/mol. The summed E-state index contributed by atoms with van der Waals surface area (Å²) in [5.74, 6) is -0.0380. The van der Waals surface area contributed by atoms with Gasteiger partial charge >= 0.3 is 18.9 Å². The van der Waals surface area contributed by atoms with Crippen LogP contribution in [0.3, 0.4) is 0 Å². The molecule has 0 aliphatic heterocycles. The van der Waals surface area contributed by atoms with Crippen molar-refractivity contribution in [1.29, 1.82) is 0 Å². The molecule has 1 unspecified atom stereocenters. The second-order valence-corrected chi connectivity index (χ2v) is 17.9. The van der Waals surface area contributed by atoms with Gasteiger partial charge in [0.05, 0.1) is 6.61 Å². The quantitative estimate of drug-likeness (QED) is 0.171. The van der Waals surface area contributed by atoms with Crippen LogP contribution >= 0.6 is 0 Å². The normalized spacial score (nSPS) is 25.6. The summed E-state index contributed by atoms with van der Waals surface area (Å²) in [7, 11) is -1.01. The number of rotatable bonds is 12. The van der Waals surface area contributed by atoms with Crippen LogP contribution < -0.4 is 34.3 Å². The fourth-order valence-electron chi connectivity index (χ4n) is 7.52. The molecule has 0 spiro atoms. The van der Waals surface area contributed by atoms with Crippen molar-refractivity contribution in [2.45, 2.75) is 78.4 Å². The monoisotopic (exact) mass is 568 g/mol. The summed E-state index contributed by atoms with van der Waals surface area (Å²) in [4.78, 5) is 0. The van der Waals surface area contributed by atoms with Crippen LogP contribution in [0.1, 0.15) is 67.7 Å². The van der Waals surface area contributed by atoms with Crippen molar-refractivity contribution in [1.82, 2.24) is 0 Å². The zero-order valence-corrected chi connectivity index (χ0v) is 27.9. The maximum Gasteiger partial charge on any atom is 1.00 e. The molecule has 0 amide bonds. The molecule has 0 N–H and O–H groups in total. The van der Waals surface area contributed by atoms with Crippen LogP contribution in [-0.2, 0) is 13.9 Å². The smallest absolute Gasteiger partial charge is 0.846 e. The van der Waals surface area contributed by atoms with Crippen molar-refractivity contribution in [2.75, 3.05) is 27.1 Å². The van der Waals surface area contributed by atoms with E-state index in [4.69, 9.17) is 13.9 Å². The van der Waals surface area contributed by atoms with Crippen LogP contribution in [0.25, 0.3) is 0 Å². The van der Waals surface area contributed by atoms with Gasteiger partial charge in [-0.1, -0.05) is 131 Å². The van der Waals surface area contributed by atoms with E-state index >= 15 is 0 Å². The number of hydrogen-bond donors (Lipinski definition) is 0. The molecule has 0 saturated heterocycles. The first-order valence-electron chi connectivity index (χ1n) is 14.7. The van der Waals surface area contributed by atoms with Crippen LogP contribution in [0.15, 0.2) is 84.0 Å². The summed E-state index contributed by atoms with van der Waals surface area (Å²) in [6.45, 7) is 17.2. The third kappa shape index (κ3) is 6.02. The summed E-state index contributed by atoms with van der Waals surface area (Å²) >= 11 is 0. The summed E-state index contributed by atoms with van der Waals surface area (Å²) in [5.41, 5.74) is 1.00. The van der Waals surface area contributed by atoms with E-state index in [1.165, 1.54) is 15.9 Å². The molecule has 6 heteroatoms. The van der Waals surface area contributed by atoms with Crippen molar-refractivity contribution in [3.8, 4) is 0 Å². The largest absolute Gasteiger partial charge is 1.00 e. The molecule has 218 valence electrons. The number of ether oxygens (including phenoxy) is 2. The predicted octanol–water partition coefficient (Wildman–Crippen LogP) is 3.01. The molecule has 4 rings (SSSR count). The van der Waals surface area contributed by atoms with Gasteiger partial charge in [-0.2, -0.15) is 0 Å². The molecule has 4 nitrogen and oxygen atoms in total. The van der Waals surface area contributed by atoms with Crippen molar-refractivity contribution in [3.63, 3.8) is 0 Å². The maximum absolute atomic E-state index is 14.7. The first-order chi connectivity index (χ1) is 18.8. The number of hydrogen-bond acceptors (Lipinski definition) is 4. The van der Waals surface area contributed by atoms with E-state index in [9.17, 15) is 5.11 Å². The summed E-state index contributed by atoms with van der Waals surface area (Å²) in [6, 6.07) is 21.4. The Morgan fingerprint density at radius 1 is 1.00 bits per heavy atom. The van der Waals surface area contributed by atoms with Gasteiger partial charge in [0.25, 0.3) is 8.32 Å². The molecule has 2 aliphatic rings. The fourth-order valence-corrected chi connectivity index (χ4v) is 12.0. The minimum absolute atomic E-state index is 0. The van der Waals surface area contributed by atoms with E-state index in [1.54, 1.807) is 7.11 Å². The van der Waals surface area contributed by atoms with E-state index in [-0.39, 0.29) is 40.6 Å². The van der Waals surface area contributed by atoms with E-state index in [0.717, 1.165) is 18.4 Å². The van der Waals surface area contributed by atoms with Gasteiger partial charge in [0.2, 0.25) is 0 Å². The number of allylic oxidation sites excluding steroid dienone is 1. The van der Waals surface area contributed by atoms with Crippen molar-refractivity contribution < 1.29 is 37.9 Å². The van der Waals surface area contributed by atoms with Gasteiger partial charge in [0.15, 0.2) is 0 Å². The van der Waals surface area contributed by atoms with Crippen LogP contribution in [0.4, 0.5) is 0 Å². The van der Waals surface area contributed by atoms with Gasteiger partial charge in [-0.15, -0.1) is 0 Å². The third-order valence-electron chi connectivity index (χ3n) is 10.1. The van der Waals surface area contributed by atoms with Crippen LogP contribution in [-0.4, -0.2) is 41.0 Å². The molecular weight excluding hydrogens is 519 g/mol. The predicted molar refractivity (Wildman–Crippen MR) is 165 cm³/mol. The SMILES string of the molecule is COCOCCCC1=CC2C(C)(C)[C@]1(C)C[C@@]2([O-])/C(C)=C/CO[Si](c1ccccc1)(c1ccccc1)C(C)(C)C.[Li+]. The van der Waals surface area contributed by atoms with Crippen molar-refractivity contribution in [2.24, 2.45) is 16.7 Å². The number of fused-ring (bicyclic) bond motifs is 2. The fraction of sp³-hybridized carbons (Fsp3) is 0.543. The van der Waals surface area contributed by atoms with E-state index in [0.29, 0.717) is 26.4 Å². The molecule has 2 aromatic rings. The molecular formula is C35H49LiO4Si. The summed E-state index contributed by atoms with van der Waals surface area (Å²) in [5, 5.41) is 17.1. The Balaban J connectivity index is 0.00000462. The Bertz CT molecular complexity index is 1160. The average Bonchev–Trinajstić information content (AvgIpc) is 3.20. The Labute approximate surface area is 261 Å². The van der Waals surface area contributed by atoms with Crippen LogP contribution in [0.5, 0.6) is 0 Å². The zero-order chi connectivity index (χ0) is 29.2. The van der Waals surface area contributed by atoms with Gasteiger partial charge in [-0.3, -0.25) is 0 Å². The molecule has 1 saturated carbocycles. The van der Waals surface area contributed by atoms with Gasteiger partial charge in [-0.05, 0) is 58.3 Å². The molecule has 0 radical (unpaired) electrons. The Morgan fingerprint density at radius 2 is 1.56 bits per heavy atom. The number of methoxy groups -OCH3 is 1. The van der Waals surface area contributed by atoms with Crippen LogP contribution in [0.2, 0.25) is 5.04 Å². The topological polar surface area (TPSA) is 50.8 Å². The summed E-state index contributed by atoms with van der Waals surface area (Å²) < 4.78 is 17.6. The van der Waals surface area contributed by atoms with E-state index in [2.05, 4.69) is 114 Å². The Hall–Kier alpha value is -1.43. The first kappa shape index (κ1) is 34.1. The molecule has 0 aromatic heterocycles. The molecule has 41 heavy (non-hydrogen) atoms. The van der Waals surface area contributed by atoms with E-state index < -0.39 is 13.9 Å². The summed E-state index contributed by atoms with van der Waals surface area (Å²) in [6.07, 6.45) is 6.95. The van der Waals surface area contributed by atoms with E-state index in [1.807, 2.05) is 6.92 Å². The first-order valence-corrected chi connectivity index (χ1v) is 16.7. The zero-order valence-electron chi connectivity index (χ0n) is 26.9. The molecule has 0 heterocycles. The second kappa shape index (κ2) is 13.1. The molecule has 2 aliphatic carbocycles.